The molecule has 5 heteroatoms. The predicted molar refractivity (Wildman–Crippen MR) is 122 cm³/mol. The summed E-state index contributed by atoms with van der Waals surface area (Å²) in [6.45, 7) is 9.51. The van der Waals surface area contributed by atoms with Crippen molar-refractivity contribution in [2.75, 3.05) is 0 Å². The average molecular weight is 410 g/mol. The number of nitrogens with one attached hydrogen (secondary N) is 2. The summed E-state index contributed by atoms with van der Waals surface area (Å²) in [7, 11) is 0. The number of aromatic amines is 1. The van der Waals surface area contributed by atoms with Gasteiger partial charge in [0.15, 0.2) is 0 Å². The van der Waals surface area contributed by atoms with Gasteiger partial charge in [-0.1, -0.05) is 52.0 Å². The van der Waals surface area contributed by atoms with Crippen molar-refractivity contribution in [3.05, 3.63) is 62.0 Å². The minimum absolute atomic E-state index is 0.0188. The second-order valence-corrected chi connectivity index (χ2v) is 10.1. The zero-order chi connectivity index (χ0) is 20.5. The SMILES string of the molecule is CC(C)Cc1ccc([C@H](NCc2nc3sc4c(c3c(=O)[nH]2)CCC4)C(C)C)cc1. The molecule has 4 nitrogen and oxygen atoms in total. The lowest BCUT2D eigenvalue weighted by Gasteiger charge is -2.23. The molecule has 3 aromatic rings. The van der Waals surface area contributed by atoms with Gasteiger partial charge in [-0.2, -0.15) is 0 Å². The van der Waals surface area contributed by atoms with Crippen molar-refractivity contribution >= 4 is 21.6 Å². The summed E-state index contributed by atoms with van der Waals surface area (Å²) in [6, 6.07) is 9.17. The summed E-state index contributed by atoms with van der Waals surface area (Å²) < 4.78 is 0. The Morgan fingerprint density at radius 2 is 1.90 bits per heavy atom. The summed E-state index contributed by atoms with van der Waals surface area (Å²) in [5.74, 6) is 1.83. The molecule has 0 unspecified atom stereocenters. The molecule has 2 heterocycles. The van der Waals surface area contributed by atoms with Crippen molar-refractivity contribution in [1.82, 2.24) is 15.3 Å². The Morgan fingerprint density at radius 1 is 1.14 bits per heavy atom. The van der Waals surface area contributed by atoms with Crippen LogP contribution >= 0.6 is 11.3 Å². The molecule has 0 bridgehead atoms. The number of H-pyrrole nitrogens is 1. The number of nitrogens with zero attached hydrogens (tertiary/aromatic N) is 1. The lowest BCUT2D eigenvalue weighted by atomic mass is 9.94. The highest BCUT2D eigenvalue weighted by molar-refractivity contribution is 7.18. The summed E-state index contributed by atoms with van der Waals surface area (Å²) in [6.07, 6.45) is 4.37. The molecule has 0 radical (unpaired) electrons. The van der Waals surface area contributed by atoms with E-state index in [9.17, 15) is 4.79 Å². The van der Waals surface area contributed by atoms with Crippen molar-refractivity contribution in [2.24, 2.45) is 11.8 Å². The minimum Gasteiger partial charge on any atom is -0.309 e. The van der Waals surface area contributed by atoms with Crippen molar-refractivity contribution in [3.8, 4) is 0 Å². The van der Waals surface area contributed by atoms with Gasteiger partial charge in [-0.25, -0.2) is 4.98 Å². The van der Waals surface area contributed by atoms with Gasteiger partial charge in [0.1, 0.15) is 10.7 Å². The Bertz CT molecular complexity index is 1050. The first kappa shape index (κ1) is 20.3. The quantitative estimate of drug-likeness (QED) is 0.567. The fourth-order valence-corrected chi connectivity index (χ4v) is 5.69. The minimum atomic E-state index is 0.0188. The standard InChI is InChI=1S/C24H31N3OS/c1-14(2)12-16-8-10-17(11-9-16)22(15(3)4)25-13-20-26-23(28)21-18-6-5-7-19(18)29-24(21)27-20/h8-11,14-15,22,25H,5-7,12-13H2,1-4H3,(H,26,27,28)/t22-/m1/s1. The highest BCUT2D eigenvalue weighted by Gasteiger charge is 2.21. The normalized spacial score (nSPS) is 14.8. The van der Waals surface area contributed by atoms with Crippen LogP contribution in [0.4, 0.5) is 0 Å². The van der Waals surface area contributed by atoms with Gasteiger partial charge in [-0.3, -0.25) is 4.79 Å². The monoisotopic (exact) mass is 409 g/mol. The van der Waals surface area contributed by atoms with Crippen LogP contribution in [0.2, 0.25) is 0 Å². The van der Waals surface area contributed by atoms with Gasteiger partial charge in [0.25, 0.3) is 5.56 Å². The fraction of sp³-hybridized carbons (Fsp3) is 0.500. The first-order valence-electron chi connectivity index (χ1n) is 10.8. The molecule has 1 aliphatic carbocycles. The Balaban J connectivity index is 1.52. The van der Waals surface area contributed by atoms with E-state index in [0.717, 1.165) is 41.7 Å². The molecule has 29 heavy (non-hydrogen) atoms. The van der Waals surface area contributed by atoms with Gasteiger partial charge >= 0.3 is 0 Å². The molecule has 0 saturated heterocycles. The Hall–Kier alpha value is -1.98. The molecule has 0 spiro atoms. The molecule has 1 aromatic carbocycles. The summed E-state index contributed by atoms with van der Waals surface area (Å²) in [5, 5.41) is 4.45. The van der Waals surface area contributed by atoms with Gasteiger partial charge in [-0.15, -0.1) is 11.3 Å². The van der Waals surface area contributed by atoms with E-state index in [-0.39, 0.29) is 11.6 Å². The molecule has 0 aliphatic heterocycles. The van der Waals surface area contributed by atoms with Crippen LogP contribution < -0.4 is 10.9 Å². The number of rotatable bonds is 7. The second-order valence-electron chi connectivity index (χ2n) is 8.99. The Morgan fingerprint density at radius 3 is 2.59 bits per heavy atom. The van der Waals surface area contributed by atoms with E-state index in [0.29, 0.717) is 18.4 Å². The summed E-state index contributed by atoms with van der Waals surface area (Å²) in [4.78, 5) is 22.7. The van der Waals surface area contributed by atoms with Crippen LogP contribution in [0.15, 0.2) is 29.1 Å². The Labute approximate surface area is 176 Å². The van der Waals surface area contributed by atoms with E-state index in [1.54, 1.807) is 11.3 Å². The van der Waals surface area contributed by atoms with Gasteiger partial charge in [-0.05, 0) is 54.2 Å². The van der Waals surface area contributed by atoms with Crippen LogP contribution in [0.5, 0.6) is 0 Å². The lowest BCUT2D eigenvalue weighted by molar-refractivity contribution is 0.406. The maximum atomic E-state index is 12.7. The number of benzene rings is 1. The third-order valence-electron chi connectivity index (χ3n) is 5.76. The molecule has 2 N–H and O–H groups in total. The average Bonchev–Trinajstić information content (AvgIpc) is 3.23. The van der Waals surface area contributed by atoms with Crippen molar-refractivity contribution in [2.45, 2.75) is 66.0 Å². The van der Waals surface area contributed by atoms with Gasteiger partial charge in [0.2, 0.25) is 0 Å². The topological polar surface area (TPSA) is 57.8 Å². The number of hydrogen-bond acceptors (Lipinski definition) is 4. The number of aromatic nitrogens is 2. The van der Waals surface area contributed by atoms with Crippen LogP contribution in [-0.2, 0) is 25.8 Å². The number of aryl methyl sites for hydroxylation is 2. The Kier molecular flexibility index (Phi) is 5.88. The van der Waals surface area contributed by atoms with E-state index in [2.05, 4.69) is 62.3 Å². The molecular weight excluding hydrogens is 378 g/mol. The van der Waals surface area contributed by atoms with Crippen LogP contribution in [0, 0.1) is 11.8 Å². The largest absolute Gasteiger partial charge is 0.309 e. The van der Waals surface area contributed by atoms with Crippen LogP contribution in [0.1, 0.15) is 67.5 Å². The second kappa shape index (κ2) is 8.41. The zero-order valence-electron chi connectivity index (χ0n) is 17.8. The van der Waals surface area contributed by atoms with Crippen LogP contribution in [-0.4, -0.2) is 9.97 Å². The highest BCUT2D eigenvalue weighted by atomic mass is 32.1. The van der Waals surface area contributed by atoms with E-state index in [1.807, 2.05) is 0 Å². The summed E-state index contributed by atoms with van der Waals surface area (Å²) in [5.41, 5.74) is 3.92. The predicted octanol–water partition coefficient (Wildman–Crippen LogP) is 5.16. The maximum absolute atomic E-state index is 12.7. The van der Waals surface area contributed by atoms with Gasteiger partial charge < -0.3 is 10.3 Å². The van der Waals surface area contributed by atoms with E-state index in [4.69, 9.17) is 4.98 Å². The fourth-order valence-electron chi connectivity index (χ4n) is 4.41. The lowest BCUT2D eigenvalue weighted by Crippen LogP contribution is -2.27. The molecule has 0 amide bonds. The van der Waals surface area contributed by atoms with E-state index >= 15 is 0 Å². The number of thiophene rings is 1. The van der Waals surface area contributed by atoms with E-state index in [1.165, 1.54) is 21.6 Å². The molecule has 1 aliphatic rings. The molecule has 2 aromatic heterocycles. The molecular formula is C24H31N3OS. The highest BCUT2D eigenvalue weighted by Crippen LogP contribution is 2.34. The molecule has 0 fully saturated rings. The third-order valence-corrected chi connectivity index (χ3v) is 6.95. The number of fused-ring (bicyclic) bond motifs is 3. The first-order valence-corrected chi connectivity index (χ1v) is 11.6. The van der Waals surface area contributed by atoms with Crippen molar-refractivity contribution in [1.29, 1.82) is 0 Å². The molecule has 1 atom stereocenters. The maximum Gasteiger partial charge on any atom is 0.259 e. The van der Waals surface area contributed by atoms with Gasteiger partial charge in [0, 0.05) is 10.9 Å². The zero-order valence-corrected chi connectivity index (χ0v) is 18.7. The smallest absolute Gasteiger partial charge is 0.259 e. The van der Waals surface area contributed by atoms with Crippen molar-refractivity contribution in [3.63, 3.8) is 0 Å². The first-order chi connectivity index (χ1) is 13.9. The summed E-state index contributed by atoms with van der Waals surface area (Å²) >= 11 is 1.70. The molecule has 154 valence electrons. The number of hydrogen-bond donors (Lipinski definition) is 2. The molecule has 4 rings (SSSR count). The van der Waals surface area contributed by atoms with Gasteiger partial charge in [0.05, 0.1) is 11.9 Å². The molecule has 0 saturated carbocycles. The van der Waals surface area contributed by atoms with Crippen LogP contribution in [0.25, 0.3) is 10.2 Å². The third kappa shape index (κ3) is 4.31. The van der Waals surface area contributed by atoms with Crippen molar-refractivity contribution < 1.29 is 0 Å². The van der Waals surface area contributed by atoms with Crippen LogP contribution in [0.3, 0.4) is 0 Å². The van der Waals surface area contributed by atoms with E-state index < -0.39 is 0 Å².